The van der Waals surface area contributed by atoms with Crippen LogP contribution in [0.15, 0.2) is 18.2 Å². The van der Waals surface area contributed by atoms with Crippen molar-refractivity contribution in [1.82, 2.24) is 5.32 Å². The molecule has 2 N–H and O–H groups in total. The van der Waals surface area contributed by atoms with Crippen molar-refractivity contribution in [2.45, 2.75) is 32.9 Å². The van der Waals surface area contributed by atoms with E-state index in [1.807, 2.05) is 13.8 Å². The summed E-state index contributed by atoms with van der Waals surface area (Å²) in [5.41, 5.74) is 0.490. The molecular weight excluding hydrogens is 248 g/mol. The fourth-order valence-corrected chi connectivity index (χ4v) is 1.57. The molecule has 0 amide bonds. The highest BCUT2D eigenvalue weighted by Gasteiger charge is 2.15. The van der Waals surface area contributed by atoms with Gasteiger partial charge in [0.1, 0.15) is 18.5 Å². The molecule has 0 saturated carbocycles. The standard InChI is InChI=1S/C13H20N2O4/c1-9(2)14-7-11(16)8-19-13-6-4-5-12(10(13)3)15(17)18/h4-6,9,11,14,16H,7-8H2,1-3H3. The summed E-state index contributed by atoms with van der Waals surface area (Å²) >= 11 is 0. The maximum absolute atomic E-state index is 10.8. The molecule has 6 heteroatoms. The normalized spacial score (nSPS) is 12.5. The van der Waals surface area contributed by atoms with E-state index in [1.165, 1.54) is 6.07 Å². The smallest absolute Gasteiger partial charge is 0.276 e. The number of nitrogens with one attached hydrogen (secondary N) is 1. The molecule has 0 aliphatic rings. The minimum Gasteiger partial charge on any atom is -0.490 e. The number of nitrogens with zero attached hydrogens (tertiary/aromatic N) is 1. The van der Waals surface area contributed by atoms with E-state index in [1.54, 1.807) is 19.1 Å². The van der Waals surface area contributed by atoms with Gasteiger partial charge in [-0.2, -0.15) is 0 Å². The molecule has 0 fully saturated rings. The molecule has 0 radical (unpaired) electrons. The number of ether oxygens (including phenoxy) is 1. The van der Waals surface area contributed by atoms with Gasteiger partial charge in [-0.3, -0.25) is 10.1 Å². The zero-order chi connectivity index (χ0) is 14.4. The lowest BCUT2D eigenvalue weighted by molar-refractivity contribution is -0.385. The van der Waals surface area contributed by atoms with Gasteiger partial charge in [0.15, 0.2) is 0 Å². The number of aliphatic hydroxyl groups is 1. The van der Waals surface area contributed by atoms with Crippen LogP contribution in [0.1, 0.15) is 19.4 Å². The highest BCUT2D eigenvalue weighted by Crippen LogP contribution is 2.26. The number of nitro benzene ring substituents is 1. The van der Waals surface area contributed by atoms with Crippen molar-refractivity contribution in [1.29, 1.82) is 0 Å². The van der Waals surface area contributed by atoms with Crippen LogP contribution in [0.4, 0.5) is 5.69 Å². The summed E-state index contributed by atoms with van der Waals surface area (Å²) in [6, 6.07) is 4.94. The molecular formula is C13H20N2O4. The summed E-state index contributed by atoms with van der Waals surface area (Å²) in [4.78, 5) is 10.3. The van der Waals surface area contributed by atoms with Crippen LogP contribution in [0.2, 0.25) is 0 Å². The van der Waals surface area contributed by atoms with E-state index in [0.29, 0.717) is 17.9 Å². The average Bonchev–Trinajstić information content (AvgIpc) is 2.34. The zero-order valence-corrected chi connectivity index (χ0v) is 11.4. The monoisotopic (exact) mass is 268 g/mol. The Kier molecular flexibility index (Phi) is 5.72. The van der Waals surface area contributed by atoms with Gasteiger partial charge in [-0.1, -0.05) is 19.9 Å². The van der Waals surface area contributed by atoms with Gasteiger partial charge in [0.25, 0.3) is 5.69 Å². The van der Waals surface area contributed by atoms with E-state index in [9.17, 15) is 15.2 Å². The summed E-state index contributed by atoms with van der Waals surface area (Å²) in [7, 11) is 0. The fourth-order valence-electron chi connectivity index (χ4n) is 1.57. The van der Waals surface area contributed by atoms with Gasteiger partial charge in [0, 0.05) is 18.7 Å². The van der Waals surface area contributed by atoms with Gasteiger partial charge >= 0.3 is 0 Å². The number of nitro groups is 1. The number of hydrogen-bond donors (Lipinski definition) is 2. The SMILES string of the molecule is Cc1c(OCC(O)CNC(C)C)cccc1[N+](=O)[O-]. The van der Waals surface area contributed by atoms with Crippen LogP contribution in [-0.2, 0) is 0 Å². The van der Waals surface area contributed by atoms with E-state index in [4.69, 9.17) is 4.74 Å². The first-order valence-electron chi connectivity index (χ1n) is 6.20. The van der Waals surface area contributed by atoms with Gasteiger partial charge in [-0.05, 0) is 13.0 Å². The van der Waals surface area contributed by atoms with Crippen molar-refractivity contribution < 1.29 is 14.8 Å². The number of benzene rings is 1. The molecule has 0 aliphatic heterocycles. The number of hydrogen-bond acceptors (Lipinski definition) is 5. The van der Waals surface area contributed by atoms with Crippen LogP contribution < -0.4 is 10.1 Å². The average molecular weight is 268 g/mol. The van der Waals surface area contributed by atoms with Crippen LogP contribution in [0.5, 0.6) is 5.75 Å². The molecule has 1 rings (SSSR count). The minimum absolute atomic E-state index is 0.0206. The topological polar surface area (TPSA) is 84.6 Å². The second kappa shape index (κ2) is 7.06. The highest BCUT2D eigenvalue weighted by molar-refractivity contribution is 5.48. The summed E-state index contributed by atoms with van der Waals surface area (Å²) in [6.07, 6.45) is -0.652. The predicted octanol–water partition coefficient (Wildman–Crippen LogP) is 1.64. The lowest BCUT2D eigenvalue weighted by atomic mass is 10.2. The van der Waals surface area contributed by atoms with Gasteiger partial charge in [-0.25, -0.2) is 0 Å². The molecule has 1 aromatic rings. The molecule has 0 saturated heterocycles. The molecule has 1 aromatic carbocycles. The maximum Gasteiger partial charge on any atom is 0.276 e. The quantitative estimate of drug-likeness (QED) is 0.580. The maximum atomic E-state index is 10.8. The van der Waals surface area contributed by atoms with Gasteiger partial charge < -0.3 is 15.2 Å². The molecule has 0 aliphatic carbocycles. The largest absolute Gasteiger partial charge is 0.490 e. The molecule has 0 aromatic heterocycles. The first-order valence-corrected chi connectivity index (χ1v) is 6.20. The summed E-state index contributed by atoms with van der Waals surface area (Å²) < 4.78 is 5.43. The molecule has 106 valence electrons. The van der Waals surface area contributed by atoms with E-state index in [2.05, 4.69) is 5.32 Å². The van der Waals surface area contributed by atoms with Crippen LogP contribution in [0.3, 0.4) is 0 Å². The Morgan fingerprint density at radius 1 is 1.47 bits per heavy atom. The van der Waals surface area contributed by atoms with Crippen LogP contribution in [0.25, 0.3) is 0 Å². The van der Waals surface area contributed by atoms with Crippen LogP contribution in [0, 0.1) is 17.0 Å². The number of rotatable bonds is 7. The van der Waals surface area contributed by atoms with Crippen molar-refractivity contribution in [2.75, 3.05) is 13.2 Å². The Bertz CT molecular complexity index is 435. The van der Waals surface area contributed by atoms with E-state index >= 15 is 0 Å². The third kappa shape index (κ3) is 4.84. The summed E-state index contributed by atoms with van der Waals surface area (Å²) in [6.45, 7) is 6.12. The first kappa shape index (κ1) is 15.4. The predicted molar refractivity (Wildman–Crippen MR) is 72.5 cm³/mol. The summed E-state index contributed by atoms with van der Waals surface area (Å²) in [5, 5.41) is 23.6. The highest BCUT2D eigenvalue weighted by atomic mass is 16.6. The third-order valence-corrected chi connectivity index (χ3v) is 2.65. The van der Waals surface area contributed by atoms with Crippen molar-refractivity contribution in [2.24, 2.45) is 0 Å². The molecule has 19 heavy (non-hydrogen) atoms. The number of aliphatic hydroxyl groups excluding tert-OH is 1. The Morgan fingerprint density at radius 2 is 2.16 bits per heavy atom. The Balaban J connectivity index is 2.58. The van der Waals surface area contributed by atoms with Gasteiger partial charge in [0.05, 0.1) is 10.5 Å². The fraction of sp³-hybridized carbons (Fsp3) is 0.538. The lowest BCUT2D eigenvalue weighted by Gasteiger charge is -2.15. The van der Waals surface area contributed by atoms with Crippen molar-refractivity contribution >= 4 is 5.69 Å². The molecule has 1 atom stereocenters. The van der Waals surface area contributed by atoms with Crippen molar-refractivity contribution in [3.63, 3.8) is 0 Å². The summed E-state index contributed by atoms with van der Waals surface area (Å²) in [5.74, 6) is 0.429. The van der Waals surface area contributed by atoms with E-state index in [-0.39, 0.29) is 18.3 Å². The van der Waals surface area contributed by atoms with E-state index in [0.717, 1.165) is 0 Å². The second-order valence-corrected chi connectivity index (χ2v) is 4.69. The van der Waals surface area contributed by atoms with E-state index < -0.39 is 11.0 Å². The van der Waals surface area contributed by atoms with Crippen LogP contribution >= 0.6 is 0 Å². The second-order valence-electron chi connectivity index (χ2n) is 4.69. The Morgan fingerprint density at radius 3 is 2.74 bits per heavy atom. The molecule has 0 heterocycles. The van der Waals surface area contributed by atoms with Crippen molar-refractivity contribution in [3.8, 4) is 5.75 Å². The Labute approximate surface area is 112 Å². The van der Waals surface area contributed by atoms with Gasteiger partial charge in [-0.15, -0.1) is 0 Å². The molecule has 1 unspecified atom stereocenters. The minimum atomic E-state index is -0.652. The third-order valence-electron chi connectivity index (χ3n) is 2.65. The molecule has 0 spiro atoms. The zero-order valence-electron chi connectivity index (χ0n) is 11.4. The van der Waals surface area contributed by atoms with Crippen molar-refractivity contribution in [3.05, 3.63) is 33.9 Å². The van der Waals surface area contributed by atoms with Crippen LogP contribution in [-0.4, -0.2) is 35.3 Å². The molecule has 6 nitrogen and oxygen atoms in total. The first-order chi connectivity index (χ1) is 8.91. The Hall–Kier alpha value is -1.66. The molecule has 0 bridgehead atoms. The van der Waals surface area contributed by atoms with Gasteiger partial charge in [0.2, 0.25) is 0 Å². The lowest BCUT2D eigenvalue weighted by Crippen LogP contribution is -2.35.